The van der Waals surface area contributed by atoms with Gasteiger partial charge in [-0.1, -0.05) is 60.8 Å². The predicted octanol–water partition coefficient (Wildman–Crippen LogP) is 4.51. The van der Waals surface area contributed by atoms with Crippen molar-refractivity contribution in [2.24, 2.45) is 0 Å². The predicted molar refractivity (Wildman–Crippen MR) is 181 cm³/mol. The Balaban J connectivity index is 0.000000171. The molecule has 0 saturated carbocycles. The Labute approximate surface area is 294 Å². The van der Waals surface area contributed by atoms with E-state index < -0.39 is 0 Å². The fourth-order valence-corrected chi connectivity index (χ4v) is 6.62. The summed E-state index contributed by atoms with van der Waals surface area (Å²) in [5, 5.41) is 5.30. The van der Waals surface area contributed by atoms with Crippen LogP contribution >= 0.6 is 0 Å². The Morgan fingerprint density at radius 3 is 1.73 bits per heavy atom. The van der Waals surface area contributed by atoms with E-state index in [4.69, 9.17) is 0 Å². The van der Waals surface area contributed by atoms with Gasteiger partial charge in [0.25, 0.3) is 0 Å². The van der Waals surface area contributed by atoms with Gasteiger partial charge >= 0.3 is 112 Å². The van der Waals surface area contributed by atoms with Gasteiger partial charge in [0.05, 0.1) is 0 Å². The SMILES string of the molecule is C[c-]1cccc1.Cc1ccc([C](=[Zr+2])c2ccc(C)cc2)cc1.[Cl-].[Cl-].[c-]1cccc2c1c1c(c3ccccc32)-c2ccccc2C1. The van der Waals surface area contributed by atoms with Crippen molar-refractivity contribution in [2.75, 3.05) is 0 Å². The molecule has 0 aliphatic heterocycles. The maximum atomic E-state index is 3.48. The summed E-state index contributed by atoms with van der Waals surface area (Å²) in [5.41, 5.74) is 12.3. The van der Waals surface area contributed by atoms with E-state index in [9.17, 15) is 0 Å². The van der Waals surface area contributed by atoms with E-state index in [1.165, 1.54) is 99.1 Å². The fourth-order valence-electron chi connectivity index (χ4n) is 5.81. The molecule has 0 amide bonds. The van der Waals surface area contributed by atoms with Crippen LogP contribution in [0.15, 0.2) is 140 Å². The first-order valence-corrected chi connectivity index (χ1v) is 16.1. The minimum Gasteiger partial charge on any atom is -1.00 e. The number of halogens is 2. The molecule has 0 saturated heterocycles. The molecule has 45 heavy (non-hydrogen) atoms. The van der Waals surface area contributed by atoms with E-state index in [0.29, 0.717) is 0 Å². The number of aryl methyl sites for hydroxylation is 3. The molecule has 3 heteroatoms. The van der Waals surface area contributed by atoms with Crippen LogP contribution in [0.1, 0.15) is 38.9 Å². The zero-order valence-corrected chi connectivity index (χ0v) is 29.7. The van der Waals surface area contributed by atoms with Crippen LogP contribution in [0.5, 0.6) is 0 Å². The first-order valence-electron chi connectivity index (χ1n) is 14.8. The molecule has 0 fully saturated rings. The average molecular weight is 701 g/mol. The molecule has 7 aromatic rings. The second-order valence-corrected chi connectivity index (χ2v) is 12.5. The van der Waals surface area contributed by atoms with Crippen molar-refractivity contribution in [3.63, 3.8) is 0 Å². The van der Waals surface area contributed by atoms with E-state index in [0.717, 1.165) is 6.42 Å². The van der Waals surface area contributed by atoms with E-state index in [2.05, 4.69) is 148 Å². The van der Waals surface area contributed by atoms with Crippen molar-refractivity contribution in [1.29, 1.82) is 0 Å². The third-order valence-corrected chi connectivity index (χ3v) is 9.53. The number of hydrogen-bond acceptors (Lipinski definition) is 0. The topological polar surface area (TPSA) is 0 Å². The summed E-state index contributed by atoms with van der Waals surface area (Å²) in [6.07, 6.45) is 1.02. The first kappa shape index (κ1) is 34.4. The zero-order chi connectivity index (χ0) is 29.8. The third kappa shape index (κ3) is 7.67. The van der Waals surface area contributed by atoms with Crippen LogP contribution in [0.4, 0.5) is 0 Å². The molecular formula is C42H34Cl2Zr-2. The van der Waals surface area contributed by atoms with Crippen molar-refractivity contribution in [3.05, 3.63) is 185 Å². The Bertz CT molecular complexity index is 1970. The Kier molecular flexibility index (Phi) is 12.0. The standard InChI is InChI=1S/C21H13.C15H14.C6H7.2ClH.Zr/c1-2-8-15-14(7-1)13-20-18-11-4-3-9-16(18)17-10-5-6-12-19(17)21(15)20;1-12-3-7-14(8-4-12)11-15-9-5-13(2)6-10-15;1-6-4-2-3-5-6;;;/h1-10,12H,13H2;3-10H,1-2H3;2-5H,1H3;2*1H;/q-1;;-1;;;+2/p-2. The molecule has 0 N–H and O–H groups in total. The average Bonchev–Trinajstić information content (AvgIpc) is 3.69. The van der Waals surface area contributed by atoms with Gasteiger partial charge < -0.3 is 24.8 Å². The summed E-state index contributed by atoms with van der Waals surface area (Å²) in [6, 6.07) is 53.1. The molecule has 0 nitrogen and oxygen atoms in total. The van der Waals surface area contributed by atoms with Gasteiger partial charge in [-0.05, 0) is 28.5 Å². The minimum absolute atomic E-state index is 0. The number of benzene rings is 6. The molecule has 0 unspecified atom stereocenters. The van der Waals surface area contributed by atoms with Gasteiger partial charge in [-0.2, -0.15) is 17.7 Å². The fraction of sp³-hybridized carbons (Fsp3) is 0.0952. The molecule has 8 rings (SSSR count). The van der Waals surface area contributed by atoms with Crippen molar-refractivity contribution < 1.29 is 49.0 Å². The van der Waals surface area contributed by atoms with Gasteiger partial charge in [0.1, 0.15) is 0 Å². The van der Waals surface area contributed by atoms with Crippen molar-refractivity contribution in [3.8, 4) is 11.1 Å². The normalized spacial score (nSPS) is 10.7. The summed E-state index contributed by atoms with van der Waals surface area (Å²) in [7, 11) is 0. The quantitative estimate of drug-likeness (QED) is 0.184. The van der Waals surface area contributed by atoms with Crippen LogP contribution in [0.3, 0.4) is 0 Å². The van der Waals surface area contributed by atoms with Gasteiger partial charge in [0.2, 0.25) is 0 Å². The first-order chi connectivity index (χ1) is 21.0. The summed E-state index contributed by atoms with van der Waals surface area (Å²) in [5.74, 6) is 0. The molecule has 0 spiro atoms. The van der Waals surface area contributed by atoms with Gasteiger partial charge in [0, 0.05) is 0 Å². The second kappa shape index (κ2) is 15.7. The van der Waals surface area contributed by atoms with E-state index >= 15 is 0 Å². The molecular weight excluding hydrogens is 667 g/mol. The van der Waals surface area contributed by atoms with Crippen LogP contribution in [0.25, 0.3) is 32.7 Å². The second-order valence-electron chi connectivity index (χ2n) is 11.3. The number of hydrogen-bond donors (Lipinski definition) is 0. The smallest absolute Gasteiger partial charge is 0.0240 e. The molecule has 222 valence electrons. The summed E-state index contributed by atoms with van der Waals surface area (Å²) in [6.45, 7) is 6.33. The zero-order valence-electron chi connectivity index (χ0n) is 25.7. The summed E-state index contributed by atoms with van der Waals surface area (Å²) in [4.78, 5) is 0. The number of rotatable bonds is 2. The molecule has 0 atom stereocenters. The van der Waals surface area contributed by atoms with E-state index in [-0.39, 0.29) is 24.8 Å². The Morgan fingerprint density at radius 2 is 1.16 bits per heavy atom. The maximum absolute atomic E-state index is 3.48. The van der Waals surface area contributed by atoms with Crippen molar-refractivity contribution >= 4 is 24.8 Å². The molecule has 0 aromatic heterocycles. The van der Waals surface area contributed by atoms with Crippen LogP contribution in [0, 0.1) is 26.8 Å². The van der Waals surface area contributed by atoms with E-state index in [1.54, 1.807) is 0 Å². The van der Waals surface area contributed by atoms with Crippen LogP contribution in [-0.2, 0) is 30.7 Å². The molecule has 0 radical (unpaired) electrons. The van der Waals surface area contributed by atoms with Gasteiger partial charge in [-0.15, -0.1) is 40.6 Å². The number of fused-ring (bicyclic) bond motifs is 8. The monoisotopic (exact) mass is 698 g/mol. The van der Waals surface area contributed by atoms with Crippen LogP contribution in [0.2, 0.25) is 0 Å². The van der Waals surface area contributed by atoms with Crippen LogP contribution in [-0.4, -0.2) is 3.21 Å². The third-order valence-electron chi connectivity index (χ3n) is 8.11. The van der Waals surface area contributed by atoms with Crippen LogP contribution < -0.4 is 24.8 Å². The molecule has 0 bridgehead atoms. The molecule has 0 heterocycles. The molecule has 1 aliphatic carbocycles. The van der Waals surface area contributed by atoms with Gasteiger partial charge in [0.15, 0.2) is 0 Å². The molecule has 7 aromatic carbocycles. The van der Waals surface area contributed by atoms with Crippen molar-refractivity contribution in [1.82, 2.24) is 0 Å². The van der Waals surface area contributed by atoms with Gasteiger partial charge in [-0.3, -0.25) is 0 Å². The Morgan fingerprint density at radius 1 is 0.622 bits per heavy atom. The van der Waals surface area contributed by atoms with Gasteiger partial charge in [-0.25, -0.2) is 12.1 Å². The largest absolute Gasteiger partial charge is 1.00 e. The summed E-state index contributed by atoms with van der Waals surface area (Å²) >= 11 is 1.46. The Hall–Kier alpha value is -3.48. The maximum Gasteiger partial charge on any atom is -0.0240 e. The molecule has 1 aliphatic rings. The summed E-state index contributed by atoms with van der Waals surface area (Å²) < 4.78 is 1.42. The van der Waals surface area contributed by atoms with E-state index in [1.807, 2.05) is 18.2 Å². The van der Waals surface area contributed by atoms with Crippen molar-refractivity contribution in [2.45, 2.75) is 27.2 Å². The minimum atomic E-state index is 0.